The van der Waals surface area contributed by atoms with Gasteiger partial charge in [0.2, 0.25) is 0 Å². The molecule has 1 aliphatic carbocycles. The van der Waals surface area contributed by atoms with Crippen LogP contribution in [0.25, 0.3) is 0 Å². The van der Waals surface area contributed by atoms with Gasteiger partial charge >= 0.3 is 0 Å². The van der Waals surface area contributed by atoms with E-state index in [0.717, 1.165) is 12.5 Å². The van der Waals surface area contributed by atoms with Gasteiger partial charge in [-0.3, -0.25) is 0 Å². The number of fused-ring (bicyclic) bond motifs is 1. The topological polar surface area (TPSA) is 15.3 Å². The molecule has 0 fully saturated rings. The summed E-state index contributed by atoms with van der Waals surface area (Å²) >= 11 is 0. The van der Waals surface area contributed by atoms with Crippen molar-refractivity contribution in [2.75, 3.05) is 20.1 Å². The van der Waals surface area contributed by atoms with E-state index >= 15 is 0 Å². The van der Waals surface area contributed by atoms with Gasteiger partial charge in [-0.2, -0.15) is 0 Å². The van der Waals surface area contributed by atoms with Gasteiger partial charge < -0.3 is 10.2 Å². The van der Waals surface area contributed by atoms with Crippen molar-refractivity contribution in [3.63, 3.8) is 0 Å². The van der Waals surface area contributed by atoms with Crippen molar-refractivity contribution < 1.29 is 0 Å². The van der Waals surface area contributed by atoms with Crippen LogP contribution in [0.1, 0.15) is 63.6 Å². The maximum atomic E-state index is 3.74. The zero-order valence-corrected chi connectivity index (χ0v) is 14.4. The molecule has 1 aromatic carbocycles. The first-order valence-electron chi connectivity index (χ1n) is 8.57. The normalized spacial score (nSPS) is 25.4. The molecule has 1 N–H and O–H groups in total. The highest BCUT2D eigenvalue weighted by Crippen LogP contribution is 2.39. The summed E-state index contributed by atoms with van der Waals surface area (Å²) in [6, 6.07) is 10.1. The fourth-order valence-electron chi connectivity index (χ4n) is 3.60. The zero-order chi connectivity index (χ0) is 15.4. The predicted octanol–water partition coefficient (Wildman–Crippen LogP) is 4.19. The molecule has 3 atom stereocenters. The smallest absolute Gasteiger partial charge is 0.0481 e. The maximum absolute atomic E-state index is 3.74. The molecule has 2 nitrogen and oxygen atoms in total. The average molecular weight is 288 g/mol. The van der Waals surface area contributed by atoms with E-state index in [1.165, 1.54) is 30.5 Å². The molecule has 0 amide bonds. The van der Waals surface area contributed by atoms with Crippen LogP contribution in [0.15, 0.2) is 24.3 Å². The van der Waals surface area contributed by atoms with Crippen LogP contribution < -0.4 is 5.32 Å². The number of rotatable bonds is 6. The molecule has 0 saturated carbocycles. The monoisotopic (exact) mass is 288 g/mol. The second-order valence-electron chi connectivity index (χ2n) is 7.03. The van der Waals surface area contributed by atoms with Gasteiger partial charge in [0.1, 0.15) is 0 Å². The first-order chi connectivity index (χ1) is 10.0. The molecular formula is C19H32N2. The number of likely N-dealkylation sites (N-methyl/N-ethyl adjacent to an activating group) is 2. The summed E-state index contributed by atoms with van der Waals surface area (Å²) in [5.74, 6) is 1.43. The second-order valence-corrected chi connectivity index (χ2v) is 7.03. The lowest BCUT2D eigenvalue weighted by molar-refractivity contribution is 0.158. The van der Waals surface area contributed by atoms with Crippen molar-refractivity contribution in [2.45, 2.75) is 58.5 Å². The minimum atomic E-state index is 0.472. The number of hydrogen-bond acceptors (Lipinski definition) is 2. The van der Waals surface area contributed by atoms with E-state index in [0.29, 0.717) is 18.0 Å². The summed E-state index contributed by atoms with van der Waals surface area (Å²) in [6.45, 7) is 11.4. The lowest BCUT2D eigenvalue weighted by atomic mass is 9.77. The first kappa shape index (κ1) is 16.5. The molecule has 0 heterocycles. The molecule has 0 saturated heterocycles. The van der Waals surface area contributed by atoms with Crippen molar-refractivity contribution in [1.82, 2.24) is 10.2 Å². The Morgan fingerprint density at radius 1 is 1.24 bits per heavy atom. The summed E-state index contributed by atoms with van der Waals surface area (Å²) in [5, 5.41) is 3.74. The molecule has 118 valence electrons. The lowest BCUT2D eigenvalue weighted by Gasteiger charge is -2.42. The fraction of sp³-hybridized carbons (Fsp3) is 0.684. The van der Waals surface area contributed by atoms with Crippen LogP contribution in [0.2, 0.25) is 0 Å². The summed E-state index contributed by atoms with van der Waals surface area (Å²) in [6.07, 6.45) is 2.53. The molecule has 2 rings (SSSR count). The maximum Gasteiger partial charge on any atom is 0.0481 e. The third-order valence-electron chi connectivity index (χ3n) is 4.89. The Morgan fingerprint density at radius 2 is 1.90 bits per heavy atom. The molecule has 0 aliphatic heterocycles. The number of nitrogens with zero attached hydrogens (tertiary/aromatic N) is 1. The van der Waals surface area contributed by atoms with Crippen LogP contribution in [-0.4, -0.2) is 31.1 Å². The van der Waals surface area contributed by atoms with Gasteiger partial charge in [-0.1, -0.05) is 52.0 Å². The van der Waals surface area contributed by atoms with E-state index in [-0.39, 0.29) is 0 Å². The van der Waals surface area contributed by atoms with E-state index in [2.05, 4.69) is 69.2 Å². The van der Waals surface area contributed by atoms with Crippen molar-refractivity contribution >= 4 is 0 Å². The minimum Gasteiger partial charge on any atom is -0.309 e. The molecule has 0 spiro atoms. The van der Waals surface area contributed by atoms with Gasteiger partial charge in [0, 0.05) is 12.1 Å². The molecular weight excluding hydrogens is 256 g/mol. The summed E-state index contributed by atoms with van der Waals surface area (Å²) in [4.78, 5) is 2.58. The van der Waals surface area contributed by atoms with E-state index < -0.39 is 0 Å². The van der Waals surface area contributed by atoms with Crippen molar-refractivity contribution in [3.8, 4) is 0 Å². The lowest BCUT2D eigenvalue weighted by Crippen LogP contribution is -2.46. The van der Waals surface area contributed by atoms with Crippen molar-refractivity contribution in [3.05, 3.63) is 35.4 Å². The Balaban J connectivity index is 2.21. The van der Waals surface area contributed by atoms with Gasteiger partial charge in [-0.25, -0.2) is 0 Å². The van der Waals surface area contributed by atoms with Gasteiger partial charge in [-0.15, -0.1) is 0 Å². The predicted molar refractivity (Wildman–Crippen MR) is 91.8 cm³/mol. The standard InChI is InChI=1S/C19H32N2/c1-6-20-19-17-10-8-7-9-16(17)15(4)13-18(19)21(5)12-11-14(2)3/h7-10,14-15,18-20H,6,11-13H2,1-5H3. The van der Waals surface area contributed by atoms with Gasteiger partial charge in [0.05, 0.1) is 0 Å². The Morgan fingerprint density at radius 3 is 2.52 bits per heavy atom. The highest BCUT2D eigenvalue weighted by molar-refractivity contribution is 5.36. The number of nitrogens with one attached hydrogen (secondary N) is 1. The fourth-order valence-corrected chi connectivity index (χ4v) is 3.60. The highest BCUT2D eigenvalue weighted by atomic mass is 15.2. The Hall–Kier alpha value is -0.860. The molecule has 0 radical (unpaired) electrons. The number of hydrogen-bond donors (Lipinski definition) is 1. The Labute approximate surface area is 130 Å². The molecule has 21 heavy (non-hydrogen) atoms. The van der Waals surface area contributed by atoms with Crippen molar-refractivity contribution in [1.29, 1.82) is 0 Å². The third kappa shape index (κ3) is 3.87. The first-order valence-corrected chi connectivity index (χ1v) is 8.57. The molecule has 1 aliphatic rings. The zero-order valence-electron chi connectivity index (χ0n) is 14.4. The molecule has 0 bridgehead atoms. The molecule has 1 aromatic rings. The van der Waals surface area contributed by atoms with Gasteiger partial charge in [0.15, 0.2) is 0 Å². The van der Waals surface area contributed by atoms with E-state index in [4.69, 9.17) is 0 Å². The van der Waals surface area contributed by atoms with Crippen LogP contribution in [0, 0.1) is 5.92 Å². The molecule has 2 heteroatoms. The van der Waals surface area contributed by atoms with Gasteiger partial charge in [-0.05, 0) is 55.9 Å². The average Bonchev–Trinajstić information content (AvgIpc) is 2.47. The Kier molecular flexibility index (Phi) is 5.83. The molecule has 0 aromatic heterocycles. The van der Waals surface area contributed by atoms with Crippen LogP contribution >= 0.6 is 0 Å². The summed E-state index contributed by atoms with van der Waals surface area (Å²) in [7, 11) is 2.30. The highest BCUT2D eigenvalue weighted by Gasteiger charge is 2.34. The Bertz CT molecular complexity index is 441. The van der Waals surface area contributed by atoms with E-state index in [1.54, 1.807) is 0 Å². The van der Waals surface area contributed by atoms with Crippen LogP contribution in [0.4, 0.5) is 0 Å². The SMILES string of the molecule is CCNC1c2ccccc2C(C)CC1N(C)CCC(C)C. The van der Waals surface area contributed by atoms with Crippen LogP contribution in [0.5, 0.6) is 0 Å². The summed E-state index contributed by atoms with van der Waals surface area (Å²) < 4.78 is 0. The largest absolute Gasteiger partial charge is 0.309 e. The van der Waals surface area contributed by atoms with Crippen LogP contribution in [-0.2, 0) is 0 Å². The summed E-state index contributed by atoms with van der Waals surface area (Å²) in [5.41, 5.74) is 3.05. The minimum absolute atomic E-state index is 0.472. The van der Waals surface area contributed by atoms with Crippen LogP contribution in [0.3, 0.4) is 0 Å². The second kappa shape index (κ2) is 7.42. The molecule has 3 unspecified atom stereocenters. The van der Waals surface area contributed by atoms with E-state index in [9.17, 15) is 0 Å². The quantitative estimate of drug-likeness (QED) is 0.844. The van der Waals surface area contributed by atoms with Crippen molar-refractivity contribution in [2.24, 2.45) is 5.92 Å². The van der Waals surface area contributed by atoms with Gasteiger partial charge in [0.25, 0.3) is 0 Å². The van der Waals surface area contributed by atoms with E-state index in [1.807, 2.05) is 0 Å². The third-order valence-corrected chi connectivity index (χ3v) is 4.89. The number of benzene rings is 1.